The van der Waals surface area contributed by atoms with Gasteiger partial charge >= 0.3 is 5.97 Å². The van der Waals surface area contributed by atoms with Crippen molar-refractivity contribution in [3.05, 3.63) is 28.2 Å². The van der Waals surface area contributed by atoms with Gasteiger partial charge in [0.2, 0.25) is 0 Å². The molecule has 0 atom stereocenters. The molecule has 1 N–H and O–H groups in total. The number of methoxy groups -OCH3 is 1. The number of aliphatic carboxylic acids is 1. The van der Waals surface area contributed by atoms with E-state index in [0.717, 1.165) is 30.2 Å². The maximum atomic E-state index is 10.7. The molecule has 122 valence electrons. The number of carboxylic acid groups (broad SMARTS) is 1. The molecule has 6 heteroatoms. The van der Waals surface area contributed by atoms with Crippen LogP contribution in [0.25, 0.3) is 6.08 Å². The van der Waals surface area contributed by atoms with E-state index in [1.807, 2.05) is 0 Å². The van der Waals surface area contributed by atoms with Gasteiger partial charge < -0.3 is 19.5 Å². The summed E-state index contributed by atoms with van der Waals surface area (Å²) in [4.78, 5) is 13.0. The first-order valence-electron chi connectivity index (χ1n) is 7.15. The lowest BCUT2D eigenvalue weighted by Gasteiger charge is -2.19. The molecule has 0 aliphatic heterocycles. The van der Waals surface area contributed by atoms with Crippen LogP contribution in [0, 0.1) is 0 Å². The molecule has 0 spiro atoms. The SMILES string of the molecule is CCN(CC)CCOc1c(C=CC(=O)O)cc(Br)cc1OC. The number of rotatable bonds is 9. The van der Waals surface area contributed by atoms with Gasteiger partial charge in [0.15, 0.2) is 11.5 Å². The number of hydrogen-bond donors (Lipinski definition) is 1. The van der Waals surface area contributed by atoms with Gasteiger partial charge in [-0.3, -0.25) is 0 Å². The van der Waals surface area contributed by atoms with Crippen molar-refractivity contribution in [2.75, 3.05) is 33.4 Å². The summed E-state index contributed by atoms with van der Waals surface area (Å²) in [5.41, 5.74) is 0.660. The molecule has 0 heterocycles. The lowest BCUT2D eigenvalue weighted by Crippen LogP contribution is -2.28. The zero-order valence-electron chi connectivity index (χ0n) is 13.1. The summed E-state index contributed by atoms with van der Waals surface area (Å²) in [5.74, 6) is 0.113. The number of ether oxygens (including phenoxy) is 2. The second kappa shape index (κ2) is 9.48. The highest BCUT2D eigenvalue weighted by atomic mass is 79.9. The molecule has 22 heavy (non-hydrogen) atoms. The van der Waals surface area contributed by atoms with Crippen LogP contribution in [0.15, 0.2) is 22.7 Å². The zero-order valence-corrected chi connectivity index (χ0v) is 14.7. The van der Waals surface area contributed by atoms with E-state index in [0.29, 0.717) is 23.7 Å². The van der Waals surface area contributed by atoms with Crippen molar-refractivity contribution in [3.63, 3.8) is 0 Å². The van der Waals surface area contributed by atoms with Crippen molar-refractivity contribution >= 4 is 28.0 Å². The molecule has 0 amide bonds. The summed E-state index contributed by atoms with van der Waals surface area (Å²) >= 11 is 3.38. The van der Waals surface area contributed by atoms with Gasteiger partial charge in [-0.1, -0.05) is 29.8 Å². The highest BCUT2D eigenvalue weighted by Gasteiger charge is 2.12. The van der Waals surface area contributed by atoms with Gasteiger partial charge in [-0.25, -0.2) is 4.79 Å². The minimum atomic E-state index is -1.01. The standard InChI is InChI=1S/C16H22BrNO4/c1-4-18(5-2)8-9-22-16-12(6-7-15(19)20)10-13(17)11-14(16)21-3/h6-7,10-11H,4-5,8-9H2,1-3H3,(H,19,20). The van der Waals surface area contributed by atoms with E-state index in [4.69, 9.17) is 14.6 Å². The van der Waals surface area contributed by atoms with Crippen molar-refractivity contribution in [1.29, 1.82) is 0 Å². The summed E-state index contributed by atoms with van der Waals surface area (Å²) in [5, 5.41) is 8.80. The quantitative estimate of drug-likeness (QED) is 0.675. The number of benzene rings is 1. The fourth-order valence-corrected chi connectivity index (χ4v) is 2.45. The Morgan fingerprint density at radius 2 is 2.05 bits per heavy atom. The maximum Gasteiger partial charge on any atom is 0.328 e. The van der Waals surface area contributed by atoms with Crippen LogP contribution in [0.5, 0.6) is 11.5 Å². The van der Waals surface area contributed by atoms with Crippen LogP contribution < -0.4 is 9.47 Å². The predicted octanol–water partition coefficient (Wildman–Crippen LogP) is 3.28. The molecule has 0 aliphatic carbocycles. The van der Waals surface area contributed by atoms with Crippen LogP contribution in [0.3, 0.4) is 0 Å². The molecule has 0 unspecified atom stereocenters. The van der Waals surface area contributed by atoms with Crippen LogP contribution in [0.2, 0.25) is 0 Å². The molecule has 1 rings (SSSR count). The Morgan fingerprint density at radius 1 is 1.36 bits per heavy atom. The Hall–Kier alpha value is -1.53. The smallest absolute Gasteiger partial charge is 0.328 e. The molecule has 0 bridgehead atoms. The van der Waals surface area contributed by atoms with Crippen LogP contribution in [-0.2, 0) is 4.79 Å². The Kier molecular flexibility index (Phi) is 7.98. The summed E-state index contributed by atoms with van der Waals surface area (Å²) < 4.78 is 12.0. The second-order valence-corrected chi connectivity index (χ2v) is 5.49. The fourth-order valence-electron chi connectivity index (χ4n) is 2.00. The van der Waals surface area contributed by atoms with Gasteiger partial charge in [0.05, 0.1) is 7.11 Å². The number of nitrogens with zero attached hydrogens (tertiary/aromatic N) is 1. The third-order valence-electron chi connectivity index (χ3n) is 3.22. The van der Waals surface area contributed by atoms with E-state index < -0.39 is 5.97 Å². The van der Waals surface area contributed by atoms with Gasteiger partial charge in [0.1, 0.15) is 6.61 Å². The van der Waals surface area contributed by atoms with Gasteiger partial charge in [-0.05, 0) is 31.3 Å². The molecule has 0 saturated carbocycles. The molecular formula is C16H22BrNO4. The van der Waals surface area contributed by atoms with Gasteiger partial charge in [0, 0.05) is 22.7 Å². The zero-order chi connectivity index (χ0) is 16.5. The van der Waals surface area contributed by atoms with Crippen molar-refractivity contribution in [1.82, 2.24) is 4.90 Å². The fraction of sp³-hybridized carbons (Fsp3) is 0.438. The Labute approximate surface area is 139 Å². The molecule has 1 aromatic carbocycles. The van der Waals surface area contributed by atoms with E-state index >= 15 is 0 Å². The van der Waals surface area contributed by atoms with Gasteiger partial charge in [0.25, 0.3) is 0 Å². The average Bonchev–Trinajstić information content (AvgIpc) is 2.50. The molecular weight excluding hydrogens is 350 g/mol. The minimum absolute atomic E-state index is 0.508. The summed E-state index contributed by atoms with van der Waals surface area (Å²) in [6, 6.07) is 3.60. The highest BCUT2D eigenvalue weighted by molar-refractivity contribution is 9.10. The monoisotopic (exact) mass is 371 g/mol. The van der Waals surface area contributed by atoms with Crippen LogP contribution in [0.1, 0.15) is 19.4 Å². The summed E-state index contributed by atoms with van der Waals surface area (Å²) in [6.45, 7) is 7.43. The normalized spacial score (nSPS) is 11.1. The topological polar surface area (TPSA) is 59.0 Å². The number of likely N-dealkylation sites (N-methyl/N-ethyl adjacent to an activating group) is 1. The van der Waals surface area contributed by atoms with Crippen molar-refractivity contribution in [2.45, 2.75) is 13.8 Å². The largest absolute Gasteiger partial charge is 0.493 e. The van der Waals surface area contributed by atoms with Crippen LogP contribution in [-0.4, -0.2) is 49.3 Å². The third kappa shape index (κ3) is 5.69. The van der Waals surface area contributed by atoms with Crippen molar-refractivity contribution < 1.29 is 19.4 Å². The summed E-state index contributed by atoms with van der Waals surface area (Å²) in [6.07, 6.45) is 2.58. The highest BCUT2D eigenvalue weighted by Crippen LogP contribution is 2.35. The lowest BCUT2D eigenvalue weighted by atomic mass is 10.1. The summed E-state index contributed by atoms with van der Waals surface area (Å²) in [7, 11) is 1.56. The molecule has 5 nitrogen and oxygen atoms in total. The van der Waals surface area contributed by atoms with E-state index in [9.17, 15) is 4.79 Å². The molecule has 0 aromatic heterocycles. The minimum Gasteiger partial charge on any atom is -0.493 e. The number of halogens is 1. The van der Waals surface area contributed by atoms with E-state index in [1.54, 1.807) is 19.2 Å². The van der Waals surface area contributed by atoms with E-state index in [1.165, 1.54) is 6.08 Å². The van der Waals surface area contributed by atoms with E-state index in [-0.39, 0.29) is 0 Å². The lowest BCUT2D eigenvalue weighted by molar-refractivity contribution is -0.131. The van der Waals surface area contributed by atoms with Crippen LogP contribution in [0.4, 0.5) is 0 Å². The third-order valence-corrected chi connectivity index (χ3v) is 3.68. The Balaban J connectivity index is 2.96. The Bertz CT molecular complexity index is 527. The van der Waals surface area contributed by atoms with Crippen LogP contribution >= 0.6 is 15.9 Å². The van der Waals surface area contributed by atoms with Crippen molar-refractivity contribution in [3.8, 4) is 11.5 Å². The first-order valence-corrected chi connectivity index (χ1v) is 7.94. The Morgan fingerprint density at radius 3 is 2.59 bits per heavy atom. The predicted molar refractivity (Wildman–Crippen MR) is 90.6 cm³/mol. The van der Waals surface area contributed by atoms with E-state index in [2.05, 4.69) is 34.7 Å². The number of carboxylic acids is 1. The first kappa shape index (κ1) is 18.5. The molecule has 1 aromatic rings. The van der Waals surface area contributed by atoms with Crippen molar-refractivity contribution in [2.24, 2.45) is 0 Å². The average molecular weight is 372 g/mol. The van der Waals surface area contributed by atoms with Gasteiger partial charge in [-0.2, -0.15) is 0 Å². The number of hydrogen-bond acceptors (Lipinski definition) is 4. The first-order chi connectivity index (χ1) is 10.5. The second-order valence-electron chi connectivity index (χ2n) is 4.57. The molecule has 0 radical (unpaired) electrons. The maximum absolute atomic E-state index is 10.7. The molecule has 0 fully saturated rings. The number of carbonyl (C=O) groups is 1. The molecule has 0 aliphatic rings. The van der Waals surface area contributed by atoms with Gasteiger partial charge in [-0.15, -0.1) is 0 Å². The molecule has 0 saturated heterocycles.